The minimum absolute atomic E-state index is 0.132. The van der Waals surface area contributed by atoms with Crippen LogP contribution in [-0.2, 0) is 12.8 Å². The Hall–Kier alpha value is -2.62. The second-order valence-corrected chi connectivity index (χ2v) is 5.41. The summed E-state index contributed by atoms with van der Waals surface area (Å²) in [4.78, 5) is 22.1. The van der Waals surface area contributed by atoms with Gasteiger partial charge in [0.2, 0.25) is 0 Å². The smallest absolute Gasteiger partial charge is 0.150 e. The van der Waals surface area contributed by atoms with Crippen LogP contribution in [0.1, 0.15) is 43.0 Å². The van der Waals surface area contributed by atoms with E-state index in [1.807, 2.05) is 0 Å². The quantitative estimate of drug-likeness (QED) is 0.832. The van der Waals surface area contributed by atoms with Crippen molar-refractivity contribution in [3.8, 4) is 11.5 Å². The van der Waals surface area contributed by atoms with Gasteiger partial charge in [0.25, 0.3) is 0 Å². The van der Waals surface area contributed by atoms with Crippen LogP contribution in [-0.4, -0.2) is 22.8 Å². The third kappa shape index (κ3) is 3.17. The van der Waals surface area contributed by atoms with Gasteiger partial charge in [-0.2, -0.15) is 0 Å². The summed E-state index contributed by atoms with van der Waals surface area (Å²) in [6.45, 7) is 3.49. The van der Waals surface area contributed by atoms with Crippen LogP contribution in [0, 0.1) is 13.8 Å². The molecule has 22 heavy (non-hydrogen) atoms. The first kappa shape index (κ1) is 15.8. The highest BCUT2D eigenvalue weighted by atomic mass is 16.3. The summed E-state index contributed by atoms with van der Waals surface area (Å²) in [6.07, 6.45) is 2.47. The molecule has 0 aromatic heterocycles. The van der Waals surface area contributed by atoms with Crippen molar-refractivity contribution in [2.45, 2.75) is 26.7 Å². The Morgan fingerprint density at radius 3 is 2.05 bits per heavy atom. The molecular weight excluding hydrogens is 280 g/mol. The number of carbonyl (C=O) groups excluding carboxylic acids is 2. The van der Waals surface area contributed by atoms with E-state index < -0.39 is 0 Å². The summed E-state index contributed by atoms with van der Waals surface area (Å²) in [6, 6.07) is 6.44. The van der Waals surface area contributed by atoms with Crippen LogP contribution in [0.5, 0.6) is 11.5 Å². The van der Waals surface area contributed by atoms with Crippen molar-refractivity contribution in [1.82, 2.24) is 0 Å². The van der Waals surface area contributed by atoms with Gasteiger partial charge < -0.3 is 10.2 Å². The summed E-state index contributed by atoms with van der Waals surface area (Å²) < 4.78 is 0. The number of aldehydes is 2. The number of rotatable bonds is 5. The summed E-state index contributed by atoms with van der Waals surface area (Å²) >= 11 is 0. The van der Waals surface area contributed by atoms with Crippen LogP contribution in [0.4, 0.5) is 0 Å². The predicted molar refractivity (Wildman–Crippen MR) is 83.9 cm³/mol. The van der Waals surface area contributed by atoms with Gasteiger partial charge in [0.1, 0.15) is 24.1 Å². The van der Waals surface area contributed by atoms with Gasteiger partial charge >= 0.3 is 0 Å². The Labute approximate surface area is 129 Å². The Balaban J connectivity index is 2.29. The molecule has 0 heterocycles. The molecule has 0 aliphatic carbocycles. The van der Waals surface area contributed by atoms with Gasteiger partial charge in [0.15, 0.2) is 0 Å². The van der Waals surface area contributed by atoms with Crippen LogP contribution in [0.25, 0.3) is 0 Å². The Morgan fingerprint density at radius 2 is 1.41 bits per heavy atom. The van der Waals surface area contributed by atoms with E-state index in [0.717, 1.165) is 18.1 Å². The molecule has 0 bridgehead atoms. The molecule has 2 aromatic carbocycles. The molecule has 2 rings (SSSR count). The summed E-state index contributed by atoms with van der Waals surface area (Å²) in [5, 5.41) is 19.8. The lowest BCUT2D eigenvalue weighted by atomic mass is 9.96. The summed E-state index contributed by atoms with van der Waals surface area (Å²) in [7, 11) is 0. The zero-order valence-electron chi connectivity index (χ0n) is 12.6. The lowest BCUT2D eigenvalue weighted by molar-refractivity contribution is 0.111. The maximum Gasteiger partial charge on any atom is 0.150 e. The minimum atomic E-state index is 0.132. The normalized spacial score (nSPS) is 10.5. The molecule has 0 aliphatic rings. The van der Waals surface area contributed by atoms with Crippen molar-refractivity contribution in [2.75, 3.05) is 0 Å². The maximum atomic E-state index is 11.1. The van der Waals surface area contributed by atoms with Crippen molar-refractivity contribution in [1.29, 1.82) is 0 Å². The van der Waals surface area contributed by atoms with Crippen molar-refractivity contribution in [2.24, 2.45) is 0 Å². The van der Waals surface area contributed by atoms with Crippen LogP contribution < -0.4 is 0 Å². The predicted octanol–water partition coefficient (Wildman–Crippen LogP) is 3.12. The Bertz CT molecular complexity index is 732. The lowest BCUT2D eigenvalue weighted by Gasteiger charge is -2.10. The summed E-state index contributed by atoms with van der Waals surface area (Å²) in [5.74, 6) is 0.273. The molecule has 2 aromatic rings. The maximum absolute atomic E-state index is 11.1. The zero-order chi connectivity index (χ0) is 16.3. The Morgan fingerprint density at radius 1 is 0.773 bits per heavy atom. The molecule has 4 heteroatoms. The molecule has 0 aliphatic heterocycles. The average molecular weight is 298 g/mol. The van der Waals surface area contributed by atoms with Crippen molar-refractivity contribution < 1.29 is 19.8 Å². The number of hydrogen-bond donors (Lipinski definition) is 2. The first-order valence-electron chi connectivity index (χ1n) is 7.01. The second-order valence-electron chi connectivity index (χ2n) is 5.41. The van der Waals surface area contributed by atoms with E-state index in [0.29, 0.717) is 40.7 Å². The number of benzene rings is 2. The third-order valence-electron chi connectivity index (χ3n) is 3.84. The highest BCUT2D eigenvalue weighted by molar-refractivity contribution is 5.79. The van der Waals surface area contributed by atoms with Gasteiger partial charge in [-0.3, -0.25) is 9.59 Å². The average Bonchev–Trinajstić information content (AvgIpc) is 2.49. The molecule has 2 N–H and O–H groups in total. The first-order valence-corrected chi connectivity index (χ1v) is 7.01. The SMILES string of the molecule is Cc1cc(C=O)c(CCc2cc(C=O)c(C)cc2O)cc1O. The number of carbonyl (C=O) groups is 2. The molecule has 0 fully saturated rings. The third-order valence-corrected chi connectivity index (χ3v) is 3.84. The van der Waals surface area contributed by atoms with Crippen LogP contribution >= 0.6 is 0 Å². The number of phenolic OH excluding ortho intramolecular Hbond substituents is 2. The van der Waals surface area contributed by atoms with Gasteiger partial charge in [0.05, 0.1) is 0 Å². The molecule has 4 nitrogen and oxygen atoms in total. The highest BCUT2D eigenvalue weighted by Gasteiger charge is 2.10. The molecule has 114 valence electrons. The number of phenols is 2. The monoisotopic (exact) mass is 298 g/mol. The van der Waals surface area contributed by atoms with E-state index in [1.54, 1.807) is 38.1 Å². The van der Waals surface area contributed by atoms with E-state index >= 15 is 0 Å². The highest BCUT2D eigenvalue weighted by Crippen LogP contribution is 2.26. The van der Waals surface area contributed by atoms with E-state index in [4.69, 9.17) is 0 Å². The van der Waals surface area contributed by atoms with Crippen LogP contribution in [0.2, 0.25) is 0 Å². The minimum Gasteiger partial charge on any atom is -0.508 e. The molecule has 0 amide bonds. The number of aryl methyl sites for hydroxylation is 4. The fraction of sp³-hybridized carbons (Fsp3) is 0.222. The fourth-order valence-corrected chi connectivity index (χ4v) is 2.44. The molecule has 0 spiro atoms. The summed E-state index contributed by atoms with van der Waals surface area (Å²) in [5.41, 5.74) is 3.79. The van der Waals surface area contributed by atoms with Gasteiger partial charge in [0, 0.05) is 11.1 Å². The zero-order valence-corrected chi connectivity index (χ0v) is 12.6. The topological polar surface area (TPSA) is 74.6 Å². The van der Waals surface area contributed by atoms with Crippen molar-refractivity contribution in [3.63, 3.8) is 0 Å². The van der Waals surface area contributed by atoms with Gasteiger partial charge in [-0.05, 0) is 73.2 Å². The molecule has 0 radical (unpaired) electrons. The van der Waals surface area contributed by atoms with E-state index in [2.05, 4.69) is 0 Å². The second kappa shape index (κ2) is 6.43. The number of aromatic hydroxyl groups is 2. The number of hydrogen-bond acceptors (Lipinski definition) is 4. The lowest BCUT2D eigenvalue weighted by Crippen LogP contribution is -1.99. The van der Waals surface area contributed by atoms with Crippen molar-refractivity contribution in [3.05, 3.63) is 57.6 Å². The van der Waals surface area contributed by atoms with Gasteiger partial charge in [-0.1, -0.05) is 0 Å². The van der Waals surface area contributed by atoms with E-state index in [9.17, 15) is 19.8 Å². The van der Waals surface area contributed by atoms with Crippen molar-refractivity contribution >= 4 is 12.6 Å². The van der Waals surface area contributed by atoms with Crippen LogP contribution in [0.15, 0.2) is 24.3 Å². The largest absolute Gasteiger partial charge is 0.508 e. The van der Waals surface area contributed by atoms with Crippen LogP contribution in [0.3, 0.4) is 0 Å². The molecule has 0 unspecified atom stereocenters. The molecule has 0 atom stereocenters. The standard InChI is InChI=1S/C18H18O4/c1-11-6-18(22)14(7-15(11)9-19)4-3-13-8-17(21)12(2)5-16(13)10-20/h5-10,21-22H,3-4H2,1-2H3. The molecular formula is C18H18O4. The Kier molecular flexibility index (Phi) is 4.61. The molecule has 0 saturated carbocycles. The first-order chi connectivity index (χ1) is 10.5. The van der Waals surface area contributed by atoms with E-state index in [1.165, 1.54) is 0 Å². The van der Waals surface area contributed by atoms with E-state index in [-0.39, 0.29) is 11.5 Å². The van der Waals surface area contributed by atoms with Gasteiger partial charge in [-0.15, -0.1) is 0 Å². The fourth-order valence-electron chi connectivity index (χ4n) is 2.44. The molecule has 0 saturated heterocycles. The van der Waals surface area contributed by atoms with Gasteiger partial charge in [-0.25, -0.2) is 0 Å².